The van der Waals surface area contributed by atoms with Crippen LogP contribution in [0.15, 0.2) is 59.5 Å². The molecule has 50 heavy (non-hydrogen) atoms. The Morgan fingerprint density at radius 2 is 1.68 bits per heavy atom. The quantitative estimate of drug-likeness (QED) is 0.319. The molecule has 3 amide bonds. The first-order valence-corrected chi connectivity index (χ1v) is 15.3. The highest BCUT2D eigenvalue weighted by atomic mass is 19.4. The number of hydrogen-bond donors (Lipinski definition) is 1. The van der Waals surface area contributed by atoms with Crippen LogP contribution in [0.2, 0.25) is 0 Å². The van der Waals surface area contributed by atoms with E-state index in [0.717, 1.165) is 45.9 Å². The van der Waals surface area contributed by atoms with Crippen molar-refractivity contribution in [2.45, 2.75) is 24.4 Å². The van der Waals surface area contributed by atoms with Crippen LogP contribution in [-0.4, -0.2) is 93.3 Å². The molecule has 3 aliphatic rings. The van der Waals surface area contributed by atoms with Crippen molar-refractivity contribution in [3.05, 3.63) is 87.8 Å². The number of aromatic nitrogens is 1. The SMILES string of the molecule is COCC(C(=O)N1CC2(COC2)C1)n1cccc(N2C[C@@H](c3c(F)cc(OC)cc3F)[C@H](NC(=O)c3ccc(OC(F)(F)F)cc3)C2=O)c1=O. The summed E-state index contributed by atoms with van der Waals surface area (Å²) in [6.45, 7) is 1.32. The van der Waals surface area contributed by atoms with E-state index in [2.05, 4.69) is 10.1 Å². The molecule has 3 aliphatic heterocycles. The van der Waals surface area contributed by atoms with Gasteiger partial charge in [0.15, 0.2) is 0 Å². The maximum atomic E-state index is 15.4. The van der Waals surface area contributed by atoms with E-state index in [9.17, 15) is 32.3 Å². The number of nitrogens with zero attached hydrogens (tertiary/aromatic N) is 3. The lowest BCUT2D eigenvalue weighted by atomic mass is 9.78. The number of rotatable bonds is 10. The number of methoxy groups -OCH3 is 2. The lowest BCUT2D eigenvalue weighted by Crippen LogP contribution is -2.68. The van der Waals surface area contributed by atoms with Gasteiger partial charge in [0.1, 0.15) is 40.9 Å². The van der Waals surface area contributed by atoms with Gasteiger partial charge in [0, 0.05) is 62.1 Å². The summed E-state index contributed by atoms with van der Waals surface area (Å²) in [6.07, 6.45) is -3.61. The first-order valence-electron chi connectivity index (χ1n) is 15.3. The van der Waals surface area contributed by atoms with Crippen LogP contribution in [0, 0.1) is 17.0 Å². The van der Waals surface area contributed by atoms with E-state index in [4.69, 9.17) is 14.2 Å². The Morgan fingerprint density at radius 3 is 2.24 bits per heavy atom. The summed E-state index contributed by atoms with van der Waals surface area (Å²) in [5.41, 5.74) is -1.87. The molecule has 17 heteroatoms. The zero-order chi connectivity index (χ0) is 36.0. The molecule has 266 valence electrons. The summed E-state index contributed by atoms with van der Waals surface area (Å²) in [4.78, 5) is 57.3. The predicted molar refractivity (Wildman–Crippen MR) is 164 cm³/mol. The van der Waals surface area contributed by atoms with Crippen molar-refractivity contribution in [1.82, 2.24) is 14.8 Å². The number of hydrogen-bond acceptors (Lipinski definition) is 8. The average molecular weight is 707 g/mol. The summed E-state index contributed by atoms with van der Waals surface area (Å²) >= 11 is 0. The van der Waals surface area contributed by atoms with E-state index in [-0.39, 0.29) is 34.9 Å². The normalized spacial score (nSPS) is 20.3. The molecule has 1 aromatic heterocycles. The summed E-state index contributed by atoms with van der Waals surface area (Å²) in [5.74, 6) is -6.56. The van der Waals surface area contributed by atoms with Crippen LogP contribution in [0.5, 0.6) is 11.5 Å². The standard InChI is InChI=1S/C33H31F5N4O8/c1-47-13-25(29(44)40-14-32(15-40)16-49-17-32)41-9-3-4-24(30(41)45)42-12-21(26-22(34)10-20(48-2)11-23(26)35)27(31(42)46)39-28(43)18-5-7-19(8-6-18)50-33(36,37)38/h3-11,21,25,27H,12-17H2,1-2H3,(H,39,43)/t21-,25?,27-/m0/s1. The van der Waals surface area contributed by atoms with Gasteiger partial charge >= 0.3 is 6.36 Å². The van der Waals surface area contributed by atoms with Crippen LogP contribution in [0.1, 0.15) is 27.9 Å². The molecule has 3 aromatic rings. The van der Waals surface area contributed by atoms with E-state index in [1.807, 2.05) is 0 Å². The van der Waals surface area contributed by atoms with E-state index >= 15 is 8.78 Å². The van der Waals surface area contributed by atoms with Gasteiger partial charge in [0.25, 0.3) is 11.5 Å². The van der Waals surface area contributed by atoms with E-state index in [0.29, 0.717) is 26.3 Å². The minimum absolute atomic E-state index is 0.0958. The number of carbonyl (C=O) groups excluding carboxylic acids is 3. The molecule has 2 aromatic carbocycles. The molecule has 6 rings (SSSR count). The number of pyridine rings is 1. The predicted octanol–water partition coefficient (Wildman–Crippen LogP) is 3.01. The lowest BCUT2D eigenvalue weighted by molar-refractivity contribution is -0.274. The third kappa shape index (κ3) is 6.61. The maximum Gasteiger partial charge on any atom is 0.573 e. The molecule has 3 atom stereocenters. The second kappa shape index (κ2) is 13.4. The highest BCUT2D eigenvalue weighted by molar-refractivity contribution is 6.05. The fraction of sp³-hybridized carbons (Fsp3) is 0.394. The van der Waals surface area contributed by atoms with Gasteiger partial charge in [0.2, 0.25) is 11.8 Å². The van der Waals surface area contributed by atoms with Crippen molar-refractivity contribution >= 4 is 23.4 Å². The molecule has 4 heterocycles. The molecular weight excluding hydrogens is 675 g/mol. The molecule has 3 saturated heterocycles. The van der Waals surface area contributed by atoms with Gasteiger partial charge in [-0.3, -0.25) is 23.7 Å². The Kier molecular flexibility index (Phi) is 9.30. The fourth-order valence-corrected chi connectivity index (χ4v) is 6.52. The van der Waals surface area contributed by atoms with Gasteiger partial charge in [0.05, 0.1) is 32.3 Å². The first kappa shape index (κ1) is 34.8. The largest absolute Gasteiger partial charge is 0.573 e. The van der Waals surface area contributed by atoms with Crippen molar-refractivity contribution in [2.24, 2.45) is 5.41 Å². The summed E-state index contributed by atoms with van der Waals surface area (Å²) < 4.78 is 89.2. The monoisotopic (exact) mass is 706 g/mol. The summed E-state index contributed by atoms with van der Waals surface area (Å²) in [5, 5.41) is 2.43. The Morgan fingerprint density at radius 1 is 1.02 bits per heavy atom. The maximum absolute atomic E-state index is 15.4. The zero-order valence-corrected chi connectivity index (χ0v) is 26.7. The van der Waals surface area contributed by atoms with Crippen LogP contribution in [0.25, 0.3) is 0 Å². The van der Waals surface area contributed by atoms with Crippen LogP contribution in [0.3, 0.4) is 0 Å². The van der Waals surface area contributed by atoms with Gasteiger partial charge in [-0.1, -0.05) is 0 Å². The van der Waals surface area contributed by atoms with E-state index < -0.39 is 71.2 Å². The topological polar surface area (TPSA) is 129 Å². The van der Waals surface area contributed by atoms with E-state index in [1.54, 1.807) is 4.90 Å². The van der Waals surface area contributed by atoms with Crippen molar-refractivity contribution in [2.75, 3.05) is 58.6 Å². The number of halogens is 5. The number of likely N-dealkylation sites (tertiary alicyclic amines) is 1. The van der Waals surface area contributed by atoms with Crippen LogP contribution < -0.4 is 25.2 Å². The molecule has 12 nitrogen and oxygen atoms in total. The molecule has 1 N–H and O–H groups in total. The highest BCUT2D eigenvalue weighted by Crippen LogP contribution is 2.39. The number of alkyl halides is 3. The van der Waals surface area contributed by atoms with Crippen molar-refractivity contribution in [1.29, 1.82) is 0 Å². The number of amides is 3. The van der Waals surface area contributed by atoms with Gasteiger partial charge in [-0.2, -0.15) is 0 Å². The van der Waals surface area contributed by atoms with E-state index in [1.165, 1.54) is 32.5 Å². The van der Waals surface area contributed by atoms with Crippen molar-refractivity contribution in [3.8, 4) is 11.5 Å². The van der Waals surface area contributed by atoms with Crippen LogP contribution in [-0.2, 0) is 19.1 Å². The third-order valence-corrected chi connectivity index (χ3v) is 8.98. The minimum atomic E-state index is -4.97. The molecule has 3 fully saturated rings. The molecule has 0 saturated carbocycles. The smallest absolute Gasteiger partial charge is 0.497 e. The van der Waals surface area contributed by atoms with Crippen LogP contribution >= 0.6 is 0 Å². The number of anilines is 1. The van der Waals surface area contributed by atoms with Gasteiger partial charge < -0.3 is 34.1 Å². The summed E-state index contributed by atoms with van der Waals surface area (Å²) in [6, 6.07) is 5.58. The Labute approximate surface area is 281 Å². The second-order valence-corrected chi connectivity index (χ2v) is 12.3. The number of benzene rings is 2. The van der Waals surface area contributed by atoms with Crippen molar-refractivity contribution in [3.63, 3.8) is 0 Å². The average Bonchev–Trinajstić information content (AvgIpc) is 3.32. The van der Waals surface area contributed by atoms with Gasteiger partial charge in [-0.05, 0) is 36.4 Å². The third-order valence-electron chi connectivity index (χ3n) is 8.98. The minimum Gasteiger partial charge on any atom is -0.497 e. The number of carbonyl (C=O) groups is 3. The fourth-order valence-electron chi connectivity index (χ4n) is 6.52. The molecular formula is C33H31F5N4O8. The van der Waals surface area contributed by atoms with Gasteiger partial charge in [-0.25, -0.2) is 8.78 Å². The molecule has 1 spiro atoms. The molecule has 1 unspecified atom stereocenters. The number of nitrogens with one attached hydrogen (secondary N) is 1. The van der Waals surface area contributed by atoms with Gasteiger partial charge in [-0.15, -0.1) is 13.2 Å². The highest BCUT2D eigenvalue weighted by Gasteiger charge is 2.52. The van der Waals surface area contributed by atoms with Crippen LogP contribution in [0.4, 0.5) is 27.6 Å². The molecule has 0 bridgehead atoms. The lowest BCUT2D eigenvalue weighted by Gasteiger charge is -2.55. The van der Waals surface area contributed by atoms with Crippen molar-refractivity contribution < 1.29 is 55.3 Å². The number of ether oxygens (including phenoxy) is 4. The molecule has 0 radical (unpaired) electrons. The zero-order valence-electron chi connectivity index (χ0n) is 26.7. The molecule has 0 aliphatic carbocycles. The second-order valence-electron chi connectivity index (χ2n) is 12.3. The Balaban J connectivity index is 1.32. The Bertz CT molecular complexity index is 1830. The summed E-state index contributed by atoms with van der Waals surface area (Å²) in [7, 11) is 2.57. The first-order chi connectivity index (χ1) is 23.7. The Hall–Kier alpha value is -5.03.